The molecule has 1 N–H and O–H groups in total. The summed E-state index contributed by atoms with van der Waals surface area (Å²) in [4.78, 5) is 37.7. The molecule has 4 amide bonds. The first-order chi connectivity index (χ1) is 10.1. The highest BCUT2D eigenvalue weighted by molar-refractivity contribution is 6.19. The first kappa shape index (κ1) is 14.5. The van der Waals surface area contributed by atoms with Crippen molar-refractivity contribution in [2.45, 2.75) is 44.9 Å². The number of nitrogens with one attached hydrogen (secondary N) is 1. The van der Waals surface area contributed by atoms with Crippen LogP contribution < -0.4 is 5.32 Å². The molecule has 0 radical (unpaired) electrons. The van der Waals surface area contributed by atoms with Crippen LogP contribution in [0.2, 0.25) is 0 Å². The van der Waals surface area contributed by atoms with Gasteiger partial charge in [0.2, 0.25) is 11.8 Å². The van der Waals surface area contributed by atoms with Crippen molar-refractivity contribution >= 4 is 17.8 Å². The molecule has 0 bridgehead atoms. The molecule has 0 aromatic carbocycles. The second-order valence-electron chi connectivity index (χ2n) is 6.38. The van der Waals surface area contributed by atoms with Crippen LogP contribution in [0.4, 0.5) is 4.79 Å². The molecule has 6 heteroatoms. The van der Waals surface area contributed by atoms with Gasteiger partial charge in [-0.15, -0.1) is 0 Å². The van der Waals surface area contributed by atoms with Gasteiger partial charge in [-0.25, -0.2) is 4.79 Å². The Hall–Kier alpha value is -1.43. The number of barbiturate groups is 1. The van der Waals surface area contributed by atoms with Crippen molar-refractivity contribution in [3.8, 4) is 0 Å². The van der Waals surface area contributed by atoms with Crippen molar-refractivity contribution < 1.29 is 19.1 Å². The lowest BCUT2D eigenvalue weighted by molar-refractivity contribution is -0.151. The summed E-state index contributed by atoms with van der Waals surface area (Å²) in [7, 11) is 0. The molecule has 3 fully saturated rings. The number of carbonyl (C=O) groups excluding carboxylic acids is 3. The van der Waals surface area contributed by atoms with Gasteiger partial charge in [-0.3, -0.25) is 19.8 Å². The Morgan fingerprint density at radius 3 is 2.57 bits per heavy atom. The van der Waals surface area contributed by atoms with Crippen molar-refractivity contribution in [3.63, 3.8) is 0 Å². The molecule has 1 heterocycles. The van der Waals surface area contributed by atoms with Gasteiger partial charge in [-0.1, -0.05) is 12.8 Å². The minimum Gasteiger partial charge on any atom is -0.381 e. The number of nitrogens with zero attached hydrogens (tertiary/aromatic N) is 1. The van der Waals surface area contributed by atoms with Gasteiger partial charge in [0.25, 0.3) is 0 Å². The molecule has 1 aliphatic heterocycles. The highest BCUT2D eigenvalue weighted by Crippen LogP contribution is 2.41. The summed E-state index contributed by atoms with van der Waals surface area (Å²) in [5.41, 5.74) is -0.983. The van der Waals surface area contributed by atoms with Crippen molar-refractivity contribution in [1.82, 2.24) is 10.2 Å². The number of ether oxygens (including phenoxy) is 1. The second-order valence-corrected chi connectivity index (χ2v) is 6.38. The third kappa shape index (κ3) is 2.81. The number of hydrogen-bond acceptors (Lipinski definition) is 4. The Morgan fingerprint density at radius 2 is 1.90 bits per heavy atom. The first-order valence-electron chi connectivity index (χ1n) is 7.89. The summed E-state index contributed by atoms with van der Waals surface area (Å²) in [5, 5.41) is 2.35. The highest BCUT2D eigenvalue weighted by atomic mass is 16.5. The summed E-state index contributed by atoms with van der Waals surface area (Å²) in [5.74, 6) is -0.00327. The first-order valence-corrected chi connectivity index (χ1v) is 7.89. The number of amides is 4. The van der Waals surface area contributed by atoms with E-state index in [1.54, 1.807) is 0 Å². The molecular weight excluding hydrogens is 272 g/mol. The largest absolute Gasteiger partial charge is 0.381 e. The van der Waals surface area contributed by atoms with Crippen LogP contribution in [0.1, 0.15) is 44.9 Å². The summed E-state index contributed by atoms with van der Waals surface area (Å²) >= 11 is 0. The number of imide groups is 2. The van der Waals surface area contributed by atoms with Crippen LogP contribution in [0.3, 0.4) is 0 Å². The van der Waals surface area contributed by atoms with E-state index >= 15 is 0 Å². The van der Waals surface area contributed by atoms with Crippen molar-refractivity contribution in [3.05, 3.63) is 0 Å². The zero-order valence-electron chi connectivity index (χ0n) is 12.2. The van der Waals surface area contributed by atoms with E-state index in [4.69, 9.17) is 4.74 Å². The third-order valence-electron chi connectivity index (χ3n) is 4.73. The number of urea groups is 1. The minimum absolute atomic E-state index is 0.309. The van der Waals surface area contributed by atoms with Crippen molar-refractivity contribution in [2.24, 2.45) is 11.3 Å². The number of rotatable bonds is 6. The topological polar surface area (TPSA) is 75.7 Å². The normalized spacial score (nSPS) is 24.8. The lowest BCUT2D eigenvalue weighted by Gasteiger charge is -2.36. The van der Waals surface area contributed by atoms with E-state index in [9.17, 15) is 14.4 Å². The van der Waals surface area contributed by atoms with E-state index in [0.717, 1.165) is 19.4 Å². The van der Waals surface area contributed by atoms with Crippen LogP contribution in [0, 0.1) is 11.3 Å². The Bertz CT molecular complexity index is 453. The fourth-order valence-electron chi connectivity index (χ4n) is 3.21. The van der Waals surface area contributed by atoms with Crippen LogP contribution in [0.15, 0.2) is 0 Å². The van der Waals surface area contributed by atoms with Gasteiger partial charge in [-0.05, 0) is 38.0 Å². The monoisotopic (exact) mass is 294 g/mol. The molecule has 0 aromatic rings. The van der Waals surface area contributed by atoms with E-state index in [0.29, 0.717) is 38.3 Å². The van der Waals surface area contributed by atoms with Crippen LogP contribution >= 0.6 is 0 Å². The molecule has 21 heavy (non-hydrogen) atoms. The Kier molecular flexibility index (Phi) is 3.97. The number of carbonyl (C=O) groups is 3. The Morgan fingerprint density at radius 1 is 1.19 bits per heavy atom. The molecule has 0 unspecified atom stereocenters. The molecule has 2 saturated carbocycles. The van der Waals surface area contributed by atoms with Gasteiger partial charge in [0.05, 0.1) is 0 Å². The van der Waals surface area contributed by atoms with Crippen LogP contribution in [0.5, 0.6) is 0 Å². The molecule has 3 aliphatic rings. The summed E-state index contributed by atoms with van der Waals surface area (Å²) in [6.45, 7) is 1.65. The second kappa shape index (κ2) is 5.75. The molecular formula is C15H22N2O4. The lowest BCUT2D eigenvalue weighted by Crippen LogP contribution is -2.63. The van der Waals surface area contributed by atoms with E-state index in [1.807, 2.05) is 0 Å². The fraction of sp³-hybridized carbons (Fsp3) is 0.800. The predicted octanol–water partition coefficient (Wildman–Crippen LogP) is 1.44. The van der Waals surface area contributed by atoms with Gasteiger partial charge >= 0.3 is 6.03 Å². The third-order valence-corrected chi connectivity index (χ3v) is 4.73. The van der Waals surface area contributed by atoms with Gasteiger partial charge < -0.3 is 4.74 Å². The van der Waals surface area contributed by atoms with Crippen LogP contribution in [-0.2, 0) is 14.3 Å². The maximum atomic E-state index is 12.6. The fourth-order valence-corrected chi connectivity index (χ4v) is 3.21. The molecule has 6 nitrogen and oxygen atoms in total. The van der Waals surface area contributed by atoms with Gasteiger partial charge in [0, 0.05) is 19.8 Å². The minimum atomic E-state index is -0.983. The maximum Gasteiger partial charge on any atom is 0.330 e. The average molecular weight is 294 g/mol. The van der Waals surface area contributed by atoms with E-state index in [-0.39, 0.29) is 5.91 Å². The average Bonchev–Trinajstić information content (AvgIpc) is 3.14. The standard InChI is InChI=1S/C15H22N2O4/c18-12-15(6-1-2-7-15)13(19)17(14(20)16-12)8-3-9-21-10-11-4-5-11/h11H,1-10H2,(H,16,18,20). The molecule has 1 spiro atoms. The molecule has 1 saturated heterocycles. The van der Waals surface area contributed by atoms with Gasteiger partial charge in [0.15, 0.2) is 0 Å². The molecule has 2 aliphatic carbocycles. The molecule has 0 atom stereocenters. The summed E-state index contributed by atoms with van der Waals surface area (Å²) in [6, 6.07) is -0.579. The SMILES string of the molecule is O=C1NC(=O)C2(CCCC2)C(=O)N1CCCOCC1CC1. The molecule has 116 valence electrons. The smallest absolute Gasteiger partial charge is 0.330 e. The maximum absolute atomic E-state index is 12.6. The van der Waals surface area contributed by atoms with E-state index in [2.05, 4.69) is 5.32 Å². The van der Waals surface area contributed by atoms with Gasteiger partial charge in [-0.2, -0.15) is 0 Å². The molecule has 3 rings (SSSR count). The molecule has 0 aromatic heterocycles. The summed E-state index contributed by atoms with van der Waals surface area (Å²) in [6.07, 6.45) is 5.96. The Balaban J connectivity index is 1.54. The Labute approximate surface area is 124 Å². The number of hydrogen-bond donors (Lipinski definition) is 1. The van der Waals surface area contributed by atoms with Crippen LogP contribution in [0.25, 0.3) is 0 Å². The van der Waals surface area contributed by atoms with Crippen molar-refractivity contribution in [2.75, 3.05) is 19.8 Å². The van der Waals surface area contributed by atoms with E-state index < -0.39 is 17.4 Å². The van der Waals surface area contributed by atoms with Crippen molar-refractivity contribution in [1.29, 1.82) is 0 Å². The zero-order valence-corrected chi connectivity index (χ0v) is 12.2. The highest BCUT2D eigenvalue weighted by Gasteiger charge is 2.54. The quantitative estimate of drug-likeness (QED) is 0.594. The van der Waals surface area contributed by atoms with E-state index in [1.165, 1.54) is 17.7 Å². The zero-order chi connectivity index (χ0) is 14.9. The lowest BCUT2D eigenvalue weighted by atomic mass is 9.82. The van der Waals surface area contributed by atoms with Crippen LogP contribution in [-0.4, -0.2) is 42.5 Å². The summed E-state index contributed by atoms with van der Waals surface area (Å²) < 4.78 is 5.52. The van der Waals surface area contributed by atoms with Gasteiger partial charge in [0.1, 0.15) is 5.41 Å². The predicted molar refractivity (Wildman–Crippen MR) is 74.3 cm³/mol.